The Kier molecular flexibility index (Phi) is 1.70. The van der Waals surface area contributed by atoms with Gasteiger partial charge in [0.25, 0.3) is 5.69 Å². The lowest BCUT2D eigenvalue weighted by atomic mass is 10.1. The van der Waals surface area contributed by atoms with Crippen LogP contribution in [0.3, 0.4) is 0 Å². The molecule has 0 atom stereocenters. The Hall–Kier alpha value is -1.56. The van der Waals surface area contributed by atoms with Gasteiger partial charge in [-0.25, -0.2) is 0 Å². The monoisotopic (exact) mass is 195 g/mol. The summed E-state index contributed by atoms with van der Waals surface area (Å²) >= 11 is 1.06. The van der Waals surface area contributed by atoms with Crippen molar-refractivity contribution in [3.05, 3.63) is 27.8 Å². The summed E-state index contributed by atoms with van der Waals surface area (Å²) < 4.78 is 7.98. The van der Waals surface area contributed by atoms with Crippen LogP contribution in [0.15, 0.2) is 12.1 Å². The number of fused-ring (bicyclic) bond motifs is 1. The second-order valence-electron chi connectivity index (χ2n) is 2.60. The minimum Gasteiger partial charge on any atom is -0.258 e. The molecule has 1 aromatic heterocycles. The van der Waals surface area contributed by atoms with Crippen molar-refractivity contribution in [2.45, 2.75) is 6.92 Å². The Morgan fingerprint density at radius 2 is 2.23 bits per heavy atom. The zero-order valence-electron chi connectivity index (χ0n) is 6.72. The standard InChI is InChI=1S/C7H5N3O2S/c1-4-6(10(11)12)3-2-5-7(4)9-13-8-5/h2-3H,1H3. The third-order valence-electron chi connectivity index (χ3n) is 1.85. The molecule has 0 N–H and O–H groups in total. The second-order valence-corrected chi connectivity index (χ2v) is 3.13. The number of aromatic nitrogens is 2. The van der Waals surface area contributed by atoms with Gasteiger partial charge < -0.3 is 0 Å². The number of rotatable bonds is 1. The van der Waals surface area contributed by atoms with E-state index >= 15 is 0 Å². The van der Waals surface area contributed by atoms with Crippen molar-refractivity contribution in [2.75, 3.05) is 0 Å². The highest BCUT2D eigenvalue weighted by atomic mass is 32.1. The van der Waals surface area contributed by atoms with Gasteiger partial charge in [0, 0.05) is 6.07 Å². The van der Waals surface area contributed by atoms with Gasteiger partial charge in [0.1, 0.15) is 11.0 Å². The van der Waals surface area contributed by atoms with E-state index < -0.39 is 4.92 Å². The summed E-state index contributed by atoms with van der Waals surface area (Å²) in [6.45, 7) is 1.68. The van der Waals surface area contributed by atoms with Crippen molar-refractivity contribution >= 4 is 28.4 Å². The summed E-state index contributed by atoms with van der Waals surface area (Å²) in [6.07, 6.45) is 0. The predicted molar refractivity (Wildman–Crippen MR) is 48.8 cm³/mol. The molecule has 0 saturated heterocycles. The van der Waals surface area contributed by atoms with Gasteiger partial charge in [0.2, 0.25) is 0 Å². The van der Waals surface area contributed by atoms with Gasteiger partial charge in [-0.1, -0.05) is 0 Å². The molecular weight excluding hydrogens is 190 g/mol. The number of benzene rings is 1. The fraction of sp³-hybridized carbons (Fsp3) is 0.143. The molecular formula is C7H5N3O2S. The molecule has 1 heterocycles. The lowest BCUT2D eigenvalue weighted by Gasteiger charge is -1.95. The molecule has 0 aliphatic heterocycles. The molecule has 2 aromatic rings. The van der Waals surface area contributed by atoms with E-state index in [2.05, 4.69) is 8.75 Å². The Bertz CT molecular complexity index is 480. The molecule has 0 bridgehead atoms. The first-order chi connectivity index (χ1) is 6.20. The molecule has 6 heteroatoms. The number of hydrogen-bond acceptors (Lipinski definition) is 5. The van der Waals surface area contributed by atoms with Gasteiger partial charge in [-0.15, -0.1) is 0 Å². The molecule has 1 aromatic carbocycles. The molecule has 0 saturated carbocycles. The quantitative estimate of drug-likeness (QED) is 0.514. The first-order valence-corrected chi connectivity index (χ1v) is 4.29. The fourth-order valence-electron chi connectivity index (χ4n) is 1.17. The Balaban J connectivity index is 2.80. The first kappa shape index (κ1) is 8.06. The van der Waals surface area contributed by atoms with Gasteiger partial charge in [-0.05, 0) is 13.0 Å². The summed E-state index contributed by atoms with van der Waals surface area (Å²) in [4.78, 5) is 10.1. The van der Waals surface area contributed by atoms with Crippen molar-refractivity contribution < 1.29 is 4.92 Å². The summed E-state index contributed by atoms with van der Waals surface area (Å²) in [6, 6.07) is 3.07. The van der Waals surface area contributed by atoms with Crippen molar-refractivity contribution in [2.24, 2.45) is 0 Å². The highest BCUT2D eigenvalue weighted by Crippen LogP contribution is 2.25. The second kappa shape index (κ2) is 2.74. The van der Waals surface area contributed by atoms with E-state index in [9.17, 15) is 10.1 Å². The SMILES string of the molecule is Cc1c([N+](=O)[O-])ccc2nsnc12. The number of aryl methyl sites for hydroxylation is 1. The van der Waals surface area contributed by atoms with E-state index in [1.54, 1.807) is 13.0 Å². The van der Waals surface area contributed by atoms with Crippen LogP contribution < -0.4 is 0 Å². The maximum absolute atomic E-state index is 10.5. The molecule has 0 aliphatic carbocycles. The molecule has 0 aliphatic rings. The molecule has 66 valence electrons. The van der Waals surface area contributed by atoms with E-state index in [0.717, 1.165) is 11.7 Å². The van der Waals surface area contributed by atoms with Gasteiger partial charge in [-0.3, -0.25) is 10.1 Å². The largest absolute Gasteiger partial charge is 0.274 e. The Labute approximate surface area is 77.5 Å². The summed E-state index contributed by atoms with van der Waals surface area (Å²) in [5.41, 5.74) is 2.02. The molecule has 0 spiro atoms. The third-order valence-corrected chi connectivity index (χ3v) is 2.39. The fourth-order valence-corrected chi connectivity index (χ4v) is 1.76. The number of hydrogen-bond donors (Lipinski definition) is 0. The smallest absolute Gasteiger partial charge is 0.258 e. The average Bonchev–Trinajstić information content (AvgIpc) is 2.52. The maximum Gasteiger partial charge on any atom is 0.274 e. The molecule has 0 amide bonds. The van der Waals surface area contributed by atoms with E-state index in [4.69, 9.17) is 0 Å². The van der Waals surface area contributed by atoms with Gasteiger partial charge in [0.05, 0.1) is 22.2 Å². The minimum atomic E-state index is -0.409. The molecule has 0 radical (unpaired) electrons. The van der Waals surface area contributed by atoms with Crippen LogP contribution in [0.4, 0.5) is 5.69 Å². The van der Waals surface area contributed by atoms with E-state index in [1.165, 1.54) is 6.07 Å². The number of nitro benzene ring substituents is 1. The van der Waals surface area contributed by atoms with Gasteiger partial charge >= 0.3 is 0 Å². The van der Waals surface area contributed by atoms with E-state index in [-0.39, 0.29) is 5.69 Å². The highest BCUT2D eigenvalue weighted by Gasteiger charge is 2.14. The van der Waals surface area contributed by atoms with Crippen LogP contribution in [0.25, 0.3) is 11.0 Å². The first-order valence-electron chi connectivity index (χ1n) is 3.56. The zero-order chi connectivity index (χ0) is 9.42. The zero-order valence-corrected chi connectivity index (χ0v) is 7.54. The average molecular weight is 195 g/mol. The van der Waals surface area contributed by atoms with E-state index in [0.29, 0.717) is 16.6 Å². The minimum absolute atomic E-state index is 0.0974. The van der Waals surface area contributed by atoms with Crippen LogP contribution in [0.5, 0.6) is 0 Å². The molecule has 0 fully saturated rings. The van der Waals surface area contributed by atoms with Gasteiger partial charge in [0.15, 0.2) is 0 Å². The van der Waals surface area contributed by atoms with Crippen LogP contribution >= 0.6 is 11.7 Å². The van der Waals surface area contributed by atoms with Crippen molar-refractivity contribution in [1.82, 2.24) is 8.75 Å². The molecule has 13 heavy (non-hydrogen) atoms. The summed E-state index contributed by atoms with van der Waals surface area (Å²) in [5, 5.41) is 10.5. The Morgan fingerprint density at radius 3 is 2.92 bits per heavy atom. The highest BCUT2D eigenvalue weighted by molar-refractivity contribution is 7.00. The lowest BCUT2D eigenvalue weighted by Crippen LogP contribution is -1.91. The summed E-state index contributed by atoms with van der Waals surface area (Å²) in [5.74, 6) is 0. The van der Waals surface area contributed by atoms with Gasteiger partial charge in [-0.2, -0.15) is 8.75 Å². The predicted octanol–water partition coefficient (Wildman–Crippen LogP) is 1.91. The van der Waals surface area contributed by atoms with Crippen LogP contribution in [-0.2, 0) is 0 Å². The lowest BCUT2D eigenvalue weighted by molar-refractivity contribution is -0.385. The Morgan fingerprint density at radius 1 is 1.46 bits per heavy atom. The van der Waals surface area contributed by atoms with Crippen molar-refractivity contribution in [1.29, 1.82) is 0 Å². The van der Waals surface area contributed by atoms with E-state index in [1.807, 2.05) is 0 Å². The topological polar surface area (TPSA) is 68.9 Å². The maximum atomic E-state index is 10.5. The summed E-state index contributed by atoms with van der Waals surface area (Å²) in [7, 11) is 0. The number of nitro groups is 1. The normalized spacial score (nSPS) is 10.5. The van der Waals surface area contributed by atoms with Crippen molar-refractivity contribution in [3.8, 4) is 0 Å². The molecule has 2 rings (SSSR count). The van der Waals surface area contributed by atoms with Crippen LogP contribution in [0, 0.1) is 17.0 Å². The van der Waals surface area contributed by atoms with Crippen LogP contribution in [-0.4, -0.2) is 13.7 Å². The van der Waals surface area contributed by atoms with Crippen LogP contribution in [0.1, 0.15) is 5.56 Å². The van der Waals surface area contributed by atoms with Crippen molar-refractivity contribution in [3.63, 3.8) is 0 Å². The molecule has 0 unspecified atom stereocenters. The third kappa shape index (κ3) is 1.15. The molecule has 5 nitrogen and oxygen atoms in total. The van der Waals surface area contributed by atoms with Crippen LogP contribution in [0.2, 0.25) is 0 Å². The number of nitrogens with zero attached hydrogens (tertiary/aromatic N) is 3.